The lowest BCUT2D eigenvalue weighted by Crippen LogP contribution is -2.20. The van der Waals surface area contributed by atoms with Crippen LogP contribution >= 0.6 is 11.8 Å². The Morgan fingerprint density at radius 3 is 3.04 bits per heavy atom. The fourth-order valence-corrected chi connectivity index (χ4v) is 4.64. The van der Waals surface area contributed by atoms with E-state index < -0.39 is 0 Å². The largest absolute Gasteiger partial charge is 0.377 e. The number of nitrogens with one attached hydrogen (secondary N) is 1. The van der Waals surface area contributed by atoms with Crippen molar-refractivity contribution >= 4 is 22.7 Å². The van der Waals surface area contributed by atoms with Gasteiger partial charge < -0.3 is 14.3 Å². The van der Waals surface area contributed by atoms with E-state index in [1.165, 1.54) is 16.6 Å². The van der Waals surface area contributed by atoms with Crippen molar-refractivity contribution in [1.29, 1.82) is 0 Å². The normalized spacial score (nSPS) is 17.0. The molecule has 3 aromatic rings. The van der Waals surface area contributed by atoms with Gasteiger partial charge in [-0.1, -0.05) is 36.0 Å². The van der Waals surface area contributed by atoms with Gasteiger partial charge in [-0.2, -0.15) is 0 Å². The molecule has 1 fully saturated rings. The number of nitrogens with zero attached hydrogens (tertiary/aromatic N) is 4. The first-order valence-electron chi connectivity index (χ1n) is 9.75. The van der Waals surface area contributed by atoms with Crippen molar-refractivity contribution in [2.75, 3.05) is 19.4 Å². The van der Waals surface area contributed by atoms with E-state index in [1.54, 1.807) is 11.8 Å². The predicted octanol–water partition coefficient (Wildman–Crippen LogP) is 3.85. The Morgan fingerprint density at radius 1 is 1.36 bits per heavy atom. The second-order valence-corrected chi connectivity index (χ2v) is 8.29. The van der Waals surface area contributed by atoms with Crippen molar-refractivity contribution in [3.8, 4) is 0 Å². The number of aromatic amines is 1. The van der Waals surface area contributed by atoms with Crippen LogP contribution < -0.4 is 0 Å². The maximum atomic E-state index is 5.73. The van der Waals surface area contributed by atoms with Gasteiger partial charge in [-0.15, -0.1) is 16.8 Å². The molecule has 1 unspecified atom stereocenters. The summed E-state index contributed by atoms with van der Waals surface area (Å²) in [7, 11) is 2.11. The van der Waals surface area contributed by atoms with E-state index >= 15 is 0 Å². The summed E-state index contributed by atoms with van der Waals surface area (Å²) >= 11 is 1.73. The molecule has 1 N–H and O–H groups in total. The minimum atomic E-state index is 0.340. The maximum Gasteiger partial charge on any atom is 0.191 e. The molecule has 0 saturated carbocycles. The van der Waals surface area contributed by atoms with Crippen LogP contribution in [0.25, 0.3) is 10.9 Å². The summed E-state index contributed by atoms with van der Waals surface area (Å²) in [6.07, 6.45) is 4.55. The van der Waals surface area contributed by atoms with Crippen molar-refractivity contribution in [2.45, 2.75) is 43.7 Å². The molecule has 1 aliphatic heterocycles. The van der Waals surface area contributed by atoms with Crippen LogP contribution in [0.2, 0.25) is 0 Å². The third-order valence-electron chi connectivity index (χ3n) is 4.96. The molecule has 1 atom stereocenters. The van der Waals surface area contributed by atoms with Crippen LogP contribution in [0.3, 0.4) is 0 Å². The lowest BCUT2D eigenvalue weighted by molar-refractivity contribution is 0.129. The number of benzene rings is 1. The summed E-state index contributed by atoms with van der Waals surface area (Å²) < 4.78 is 7.89. The van der Waals surface area contributed by atoms with Crippen LogP contribution in [0.4, 0.5) is 0 Å². The standard InChI is InChI=1S/C21H27N5OS/c1-3-10-26-20(23-24-21(26)28-15-18-8-6-11-27-18)14-25(2)13-17-12-16-7-4-5-9-19(16)22-17/h3-5,7,9,12,18,22H,1,6,8,10-11,13-15H2,2H3. The average molecular weight is 398 g/mol. The summed E-state index contributed by atoms with van der Waals surface area (Å²) in [5.41, 5.74) is 2.38. The maximum absolute atomic E-state index is 5.73. The van der Waals surface area contributed by atoms with Gasteiger partial charge in [0.05, 0.1) is 12.6 Å². The smallest absolute Gasteiger partial charge is 0.191 e. The Kier molecular flexibility index (Phi) is 6.14. The summed E-state index contributed by atoms with van der Waals surface area (Å²) in [5.74, 6) is 1.90. The van der Waals surface area contributed by atoms with E-state index in [2.05, 4.69) is 68.6 Å². The highest BCUT2D eigenvalue weighted by Gasteiger charge is 2.19. The van der Waals surface area contributed by atoms with Gasteiger partial charge in [0, 0.05) is 36.7 Å². The molecule has 0 aliphatic carbocycles. The van der Waals surface area contributed by atoms with Crippen LogP contribution in [-0.2, 0) is 24.4 Å². The third-order valence-corrected chi connectivity index (χ3v) is 6.06. The first-order chi connectivity index (χ1) is 13.7. The Hall–Kier alpha value is -2.09. The quantitative estimate of drug-likeness (QED) is 0.439. The van der Waals surface area contributed by atoms with E-state index in [0.29, 0.717) is 6.10 Å². The fourth-order valence-electron chi connectivity index (χ4n) is 3.61. The number of fused-ring (bicyclic) bond motifs is 1. The van der Waals surface area contributed by atoms with Crippen molar-refractivity contribution in [3.63, 3.8) is 0 Å². The SMILES string of the molecule is C=CCn1c(CN(C)Cc2cc3ccccc3[nH]2)nnc1SCC1CCCO1. The summed E-state index contributed by atoms with van der Waals surface area (Å²) in [6, 6.07) is 10.6. The molecule has 6 nitrogen and oxygen atoms in total. The van der Waals surface area contributed by atoms with Gasteiger partial charge in [0.15, 0.2) is 5.16 Å². The van der Waals surface area contributed by atoms with Gasteiger partial charge in [-0.25, -0.2) is 0 Å². The van der Waals surface area contributed by atoms with Crippen LogP contribution in [0.5, 0.6) is 0 Å². The molecule has 4 rings (SSSR count). The second-order valence-electron chi connectivity index (χ2n) is 7.30. The van der Waals surface area contributed by atoms with Crippen molar-refractivity contribution in [2.24, 2.45) is 0 Å². The fraction of sp³-hybridized carbons (Fsp3) is 0.429. The van der Waals surface area contributed by atoms with Gasteiger partial charge in [0.2, 0.25) is 0 Å². The highest BCUT2D eigenvalue weighted by molar-refractivity contribution is 7.99. The lowest BCUT2D eigenvalue weighted by Gasteiger charge is -2.16. The molecule has 0 amide bonds. The topological polar surface area (TPSA) is 59.0 Å². The van der Waals surface area contributed by atoms with Crippen molar-refractivity contribution in [3.05, 3.63) is 54.5 Å². The number of rotatable bonds is 9. The van der Waals surface area contributed by atoms with Crippen LogP contribution in [0.1, 0.15) is 24.4 Å². The zero-order valence-electron chi connectivity index (χ0n) is 16.3. The average Bonchev–Trinajstić information content (AvgIpc) is 3.41. The Morgan fingerprint density at radius 2 is 2.25 bits per heavy atom. The lowest BCUT2D eigenvalue weighted by atomic mass is 10.2. The summed E-state index contributed by atoms with van der Waals surface area (Å²) in [6.45, 7) is 7.06. The molecule has 1 aliphatic rings. The summed E-state index contributed by atoms with van der Waals surface area (Å²) in [4.78, 5) is 5.74. The molecule has 0 spiro atoms. The molecule has 0 radical (unpaired) electrons. The minimum absolute atomic E-state index is 0.340. The highest BCUT2D eigenvalue weighted by atomic mass is 32.2. The first-order valence-corrected chi connectivity index (χ1v) is 10.7. The summed E-state index contributed by atoms with van der Waals surface area (Å²) in [5, 5.41) is 11.1. The molecule has 0 bridgehead atoms. The number of hydrogen-bond donors (Lipinski definition) is 1. The first kappa shape index (κ1) is 19.2. The minimum Gasteiger partial charge on any atom is -0.377 e. The van der Waals surface area contributed by atoms with Crippen LogP contribution in [0, 0.1) is 0 Å². The number of para-hydroxylation sites is 1. The number of allylic oxidation sites excluding steroid dienone is 1. The van der Waals surface area contributed by atoms with E-state index in [1.807, 2.05) is 6.08 Å². The zero-order chi connectivity index (χ0) is 19.3. The number of hydrogen-bond acceptors (Lipinski definition) is 5. The molecule has 1 saturated heterocycles. The molecular formula is C21H27N5OS. The molecule has 3 heterocycles. The molecule has 28 heavy (non-hydrogen) atoms. The second kappa shape index (κ2) is 8.94. The molecule has 7 heteroatoms. The molecule has 1 aromatic carbocycles. The van der Waals surface area contributed by atoms with Gasteiger partial charge in [-0.05, 0) is 37.4 Å². The predicted molar refractivity (Wildman–Crippen MR) is 113 cm³/mol. The van der Waals surface area contributed by atoms with E-state index in [9.17, 15) is 0 Å². The zero-order valence-corrected chi connectivity index (χ0v) is 17.1. The van der Waals surface area contributed by atoms with E-state index in [4.69, 9.17) is 4.74 Å². The Balaban J connectivity index is 1.41. The highest BCUT2D eigenvalue weighted by Crippen LogP contribution is 2.24. The number of ether oxygens (including phenoxy) is 1. The number of aromatic nitrogens is 4. The van der Waals surface area contributed by atoms with Crippen molar-refractivity contribution < 1.29 is 4.74 Å². The van der Waals surface area contributed by atoms with E-state index in [0.717, 1.165) is 55.8 Å². The van der Waals surface area contributed by atoms with E-state index in [-0.39, 0.29) is 0 Å². The van der Waals surface area contributed by atoms with Crippen molar-refractivity contribution in [1.82, 2.24) is 24.6 Å². The Bertz CT molecular complexity index is 895. The van der Waals surface area contributed by atoms with Gasteiger partial charge in [0.1, 0.15) is 5.82 Å². The number of H-pyrrole nitrogens is 1. The molecule has 148 valence electrons. The number of thioether (sulfide) groups is 1. The van der Waals surface area contributed by atoms with Crippen LogP contribution in [0.15, 0.2) is 48.1 Å². The third kappa shape index (κ3) is 4.48. The Labute approximate surface area is 170 Å². The molecular weight excluding hydrogens is 370 g/mol. The van der Waals surface area contributed by atoms with Gasteiger partial charge in [0.25, 0.3) is 0 Å². The molecule has 2 aromatic heterocycles. The van der Waals surface area contributed by atoms with Crippen LogP contribution in [-0.4, -0.2) is 50.2 Å². The van der Waals surface area contributed by atoms with Gasteiger partial charge >= 0.3 is 0 Å². The van der Waals surface area contributed by atoms with Gasteiger partial charge in [-0.3, -0.25) is 4.90 Å². The monoisotopic (exact) mass is 397 g/mol.